The molecule has 5 aromatic rings. The zero-order valence-electron chi connectivity index (χ0n) is 18.2. The normalized spacial score (nSPS) is 23.2. The molecule has 1 fully saturated rings. The molecule has 0 radical (unpaired) electrons. The quantitative estimate of drug-likeness (QED) is 0.389. The second-order valence-electron chi connectivity index (χ2n) is 8.93. The molecule has 6 rings (SSSR count). The maximum absolute atomic E-state index is 10.8. The zero-order chi connectivity index (χ0) is 22.7. The van der Waals surface area contributed by atoms with Crippen LogP contribution in [0, 0.1) is 12.8 Å². The van der Waals surface area contributed by atoms with Crippen molar-refractivity contribution in [1.29, 1.82) is 0 Å². The molecule has 0 spiro atoms. The minimum atomic E-state index is -0.864. The van der Waals surface area contributed by atoms with Crippen LogP contribution in [0.3, 0.4) is 0 Å². The average Bonchev–Trinajstić information content (AvgIpc) is 3.52. The molecule has 9 nitrogen and oxygen atoms in total. The number of fused-ring (bicyclic) bond motifs is 4. The first-order valence-corrected chi connectivity index (χ1v) is 11.2. The predicted molar refractivity (Wildman–Crippen MR) is 125 cm³/mol. The number of nitrogens with two attached hydrogens (primary N) is 1. The third kappa shape index (κ3) is 3.15. The number of anilines is 1. The van der Waals surface area contributed by atoms with Gasteiger partial charge in [0, 0.05) is 24.0 Å². The van der Waals surface area contributed by atoms with Crippen molar-refractivity contribution in [3.8, 4) is 0 Å². The van der Waals surface area contributed by atoms with Crippen LogP contribution in [0.25, 0.3) is 27.6 Å². The summed E-state index contributed by atoms with van der Waals surface area (Å²) in [6, 6.07) is 7.87. The first-order valence-electron chi connectivity index (χ1n) is 11.2. The second-order valence-corrected chi connectivity index (χ2v) is 8.93. The number of aryl methyl sites for hydroxylation is 2. The van der Waals surface area contributed by atoms with Crippen molar-refractivity contribution in [3.63, 3.8) is 0 Å². The molecule has 4 aromatic heterocycles. The van der Waals surface area contributed by atoms with E-state index in [1.54, 1.807) is 6.20 Å². The highest BCUT2D eigenvalue weighted by Crippen LogP contribution is 2.39. The van der Waals surface area contributed by atoms with Gasteiger partial charge in [0.1, 0.15) is 35.4 Å². The number of aliphatic hydroxyl groups is 2. The van der Waals surface area contributed by atoms with Gasteiger partial charge >= 0.3 is 0 Å². The predicted octanol–water partition coefficient (Wildman–Crippen LogP) is 2.43. The fraction of sp³-hybridized carbons (Fsp3) is 0.333. The number of imidazole rings is 1. The van der Waals surface area contributed by atoms with Crippen LogP contribution in [0.15, 0.2) is 49.2 Å². The molecule has 1 aliphatic carbocycles. The van der Waals surface area contributed by atoms with Crippen molar-refractivity contribution >= 4 is 33.4 Å². The molecule has 168 valence electrons. The Morgan fingerprint density at radius 1 is 1.03 bits per heavy atom. The number of nitrogen functional groups attached to an aromatic ring is 1. The first-order chi connectivity index (χ1) is 16.0. The molecule has 0 bridgehead atoms. The van der Waals surface area contributed by atoms with Gasteiger partial charge in [-0.1, -0.05) is 6.07 Å². The molecule has 1 aliphatic rings. The minimum absolute atomic E-state index is 0.0261. The highest BCUT2D eigenvalue weighted by Gasteiger charge is 2.42. The summed E-state index contributed by atoms with van der Waals surface area (Å²) in [7, 11) is 0. The van der Waals surface area contributed by atoms with Gasteiger partial charge in [0.2, 0.25) is 0 Å². The van der Waals surface area contributed by atoms with Gasteiger partial charge in [-0.2, -0.15) is 0 Å². The number of benzene rings is 1. The maximum atomic E-state index is 10.8. The number of aliphatic hydroxyl groups excluding tert-OH is 2. The van der Waals surface area contributed by atoms with Crippen molar-refractivity contribution < 1.29 is 10.2 Å². The molecule has 1 saturated carbocycles. The topological polar surface area (TPSA) is 127 Å². The summed E-state index contributed by atoms with van der Waals surface area (Å²) in [5, 5.41) is 23.4. The van der Waals surface area contributed by atoms with E-state index in [1.165, 1.54) is 6.33 Å². The molecule has 0 unspecified atom stereocenters. The van der Waals surface area contributed by atoms with Crippen LogP contribution in [-0.4, -0.2) is 51.3 Å². The van der Waals surface area contributed by atoms with E-state index in [4.69, 9.17) is 10.7 Å². The van der Waals surface area contributed by atoms with Gasteiger partial charge < -0.3 is 20.5 Å². The van der Waals surface area contributed by atoms with Crippen LogP contribution in [0.2, 0.25) is 0 Å². The van der Waals surface area contributed by atoms with E-state index in [0.717, 1.165) is 46.2 Å². The van der Waals surface area contributed by atoms with Crippen molar-refractivity contribution in [2.24, 2.45) is 5.92 Å². The van der Waals surface area contributed by atoms with Gasteiger partial charge in [-0.3, -0.25) is 4.40 Å². The van der Waals surface area contributed by atoms with E-state index in [1.807, 2.05) is 34.4 Å². The third-order valence-corrected chi connectivity index (χ3v) is 7.05. The maximum Gasteiger partial charge on any atom is 0.147 e. The van der Waals surface area contributed by atoms with Gasteiger partial charge in [0.15, 0.2) is 0 Å². The highest BCUT2D eigenvalue weighted by molar-refractivity contribution is 5.91. The van der Waals surface area contributed by atoms with Crippen LogP contribution in [0.1, 0.15) is 30.3 Å². The first kappa shape index (κ1) is 20.1. The van der Waals surface area contributed by atoms with Crippen LogP contribution in [0.5, 0.6) is 0 Å². The number of hydrogen-bond acceptors (Lipinski definition) is 7. The van der Waals surface area contributed by atoms with E-state index in [0.29, 0.717) is 17.9 Å². The van der Waals surface area contributed by atoms with Crippen molar-refractivity contribution in [1.82, 2.24) is 28.9 Å². The molecular formula is C24H25N7O2. The number of hydrogen-bond donors (Lipinski definition) is 3. The lowest BCUT2D eigenvalue weighted by atomic mass is 9.95. The summed E-state index contributed by atoms with van der Waals surface area (Å²) in [6.45, 7) is 1.97. The van der Waals surface area contributed by atoms with Gasteiger partial charge in [-0.05, 0) is 55.9 Å². The Balaban J connectivity index is 1.23. The molecule has 33 heavy (non-hydrogen) atoms. The van der Waals surface area contributed by atoms with Crippen LogP contribution >= 0.6 is 0 Å². The van der Waals surface area contributed by atoms with E-state index >= 15 is 0 Å². The van der Waals surface area contributed by atoms with Crippen LogP contribution < -0.4 is 5.73 Å². The molecule has 1 aromatic carbocycles. The zero-order valence-corrected chi connectivity index (χ0v) is 18.2. The van der Waals surface area contributed by atoms with Gasteiger partial charge in [0.05, 0.1) is 23.0 Å². The molecule has 4 heterocycles. The second kappa shape index (κ2) is 7.50. The van der Waals surface area contributed by atoms with Crippen molar-refractivity contribution in [2.45, 2.75) is 44.4 Å². The number of rotatable bonds is 4. The van der Waals surface area contributed by atoms with Crippen LogP contribution in [-0.2, 0) is 6.42 Å². The Hall–Kier alpha value is -3.56. The Morgan fingerprint density at radius 2 is 1.91 bits per heavy atom. The summed E-state index contributed by atoms with van der Waals surface area (Å²) in [4.78, 5) is 17.6. The van der Waals surface area contributed by atoms with E-state index in [2.05, 4.69) is 33.2 Å². The fourth-order valence-electron chi connectivity index (χ4n) is 5.28. The fourth-order valence-corrected chi connectivity index (χ4v) is 5.28. The molecule has 0 amide bonds. The Kier molecular flexibility index (Phi) is 4.56. The summed E-state index contributed by atoms with van der Waals surface area (Å²) in [5.74, 6) is 1.28. The summed E-state index contributed by atoms with van der Waals surface area (Å²) in [6.07, 6.45) is 7.56. The van der Waals surface area contributed by atoms with Gasteiger partial charge in [0.25, 0.3) is 0 Å². The Bertz CT molecular complexity index is 1490. The molecule has 4 N–H and O–H groups in total. The SMILES string of the molecule is Cc1nc2cc(CC[C@H]3C[C@@H](n4ccc5c(N)ncnc54)[C@H](O)[C@@H]3O)ccc2c2nccn12. The monoisotopic (exact) mass is 443 g/mol. The van der Waals surface area contributed by atoms with Crippen LogP contribution in [0.4, 0.5) is 5.82 Å². The molecule has 0 saturated heterocycles. The largest absolute Gasteiger partial charge is 0.390 e. The standard InChI is InChI=1S/C24H25N7O2/c1-13-29-18-10-14(3-5-16(18)23-26-7-9-30(13)23)2-4-15-11-19(21(33)20(15)32)31-8-6-17-22(25)27-12-28-24(17)31/h3,5-10,12,15,19-21,32-33H,2,4,11H2,1H3,(H2,25,27,28)/t15-,19+,20+,21-/m0/s1. The molecule has 9 heteroatoms. The molecule has 4 atom stereocenters. The van der Waals surface area contributed by atoms with Crippen molar-refractivity contribution in [3.05, 3.63) is 60.6 Å². The lowest BCUT2D eigenvalue weighted by Gasteiger charge is -2.19. The summed E-state index contributed by atoms with van der Waals surface area (Å²) >= 11 is 0. The van der Waals surface area contributed by atoms with E-state index in [9.17, 15) is 10.2 Å². The minimum Gasteiger partial charge on any atom is -0.390 e. The summed E-state index contributed by atoms with van der Waals surface area (Å²) < 4.78 is 3.90. The molecule has 0 aliphatic heterocycles. The Morgan fingerprint density at radius 3 is 2.79 bits per heavy atom. The Labute approximate surface area is 189 Å². The average molecular weight is 444 g/mol. The number of nitrogens with zero attached hydrogens (tertiary/aromatic N) is 6. The summed E-state index contributed by atoms with van der Waals surface area (Å²) in [5.41, 5.74) is 9.62. The van der Waals surface area contributed by atoms with E-state index < -0.39 is 12.2 Å². The highest BCUT2D eigenvalue weighted by atomic mass is 16.3. The van der Waals surface area contributed by atoms with Crippen molar-refractivity contribution in [2.75, 3.05) is 5.73 Å². The smallest absolute Gasteiger partial charge is 0.147 e. The van der Waals surface area contributed by atoms with Gasteiger partial charge in [-0.25, -0.2) is 19.9 Å². The van der Waals surface area contributed by atoms with E-state index in [-0.39, 0.29) is 12.0 Å². The lowest BCUT2D eigenvalue weighted by molar-refractivity contribution is 0.00545. The third-order valence-electron chi connectivity index (χ3n) is 7.05. The molecular weight excluding hydrogens is 418 g/mol. The number of aromatic nitrogens is 6. The lowest BCUT2D eigenvalue weighted by Crippen LogP contribution is -2.29. The van der Waals surface area contributed by atoms with Gasteiger partial charge in [-0.15, -0.1) is 0 Å².